The highest BCUT2D eigenvalue weighted by atomic mass is 16.5. The third-order valence-electron chi connectivity index (χ3n) is 5.55. The van der Waals surface area contributed by atoms with Crippen LogP contribution in [-0.4, -0.2) is 11.9 Å². The first-order valence-electron chi connectivity index (χ1n) is 11.2. The van der Waals surface area contributed by atoms with Crippen LogP contribution in [0.15, 0.2) is 106 Å². The smallest absolute Gasteiger partial charge is 0.343 e. The number of benzene rings is 4. The van der Waals surface area contributed by atoms with Gasteiger partial charge in [-0.05, 0) is 66.7 Å². The van der Waals surface area contributed by atoms with E-state index in [0.29, 0.717) is 22.5 Å². The Morgan fingerprint density at radius 2 is 1.24 bits per heavy atom. The van der Waals surface area contributed by atoms with Crippen LogP contribution in [-0.2, 0) is 0 Å². The molecule has 0 atom stereocenters. The maximum absolute atomic E-state index is 13.6. The summed E-state index contributed by atoms with van der Waals surface area (Å²) in [6, 6.07) is 25.5. The Kier molecular flexibility index (Phi) is 6.13. The van der Waals surface area contributed by atoms with E-state index >= 15 is 0 Å². The standard InChI is InChI=1S/C29H20N2O6/c30-20-10-6-18(7-11-20)28(33)35-22-14-15-24-23(16-22)25(32)27(26(36-24)17-4-2-1-3-5-17)37-29(34)19-8-12-21(31)13-9-19/h1-16H,30-31H2. The van der Waals surface area contributed by atoms with Gasteiger partial charge in [0.25, 0.3) is 0 Å². The van der Waals surface area contributed by atoms with Crippen LogP contribution in [0, 0.1) is 0 Å². The van der Waals surface area contributed by atoms with Gasteiger partial charge in [-0.2, -0.15) is 0 Å². The molecule has 0 aliphatic heterocycles. The molecule has 0 amide bonds. The van der Waals surface area contributed by atoms with Crippen molar-refractivity contribution in [3.8, 4) is 22.8 Å². The van der Waals surface area contributed by atoms with E-state index in [1.54, 1.807) is 48.5 Å². The van der Waals surface area contributed by atoms with Crippen molar-refractivity contribution >= 4 is 34.3 Å². The Labute approximate surface area is 210 Å². The summed E-state index contributed by atoms with van der Waals surface area (Å²) in [5, 5.41) is 0.0717. The molecule has 0 aliphatic carbocycles. The highest BCUT2D eigenvalue weighted by Crippen LogP contribution is 2.32. The summed E-state index contributed by atoms with van der Waals surface area (Å²) < 4.78 is 17.0. The van der Waals surface area contributed by atoms with Gasteiger partial charge in [-0.15, -0.1) is 0 Å². The van der Waals surface area contributed by atoms with E-state index in [1.807, 2.05) is 6.07 Å². The third-order valence-corrected chi connectivity index (χ3v) is 5.55. The summed E-state index contributed by atoms with van der Waals surface area (Å²) in [7, 11) is 0. The van der Waals surface area contributed by atoms with Crippen LogP contribution in [0.1, 0.15) is 20.7 Å². The lowest BCUT2D eigenvalue weighted by Crippen LogP contribution is -2.16. The summed E-state index contributed by atoms with van der Waals surface area (Å²) in [6.45, 7) is 0. The summed E-state index contributed by atoms with van der Waals surface area (Å²) in [5.74, 6) is -1.46. The van der Waals surface area contributed by atoms with Crippen LogP contribution >= 0.6 is 0 Å². The predicted molar refractivity (Wildman–Crippen MR) is 140 cm³/mol. The van der Waals surface area contributed by atoms with Crippen molar-refractivity contribution < 1.29 is 23.5 Å². The fourth-order valence-electron chi connectivity index (χ4n) is 3.65. The van der Waals surface area contributed by atoms with Gasteiger partial charge in [0.1, 0.15) is 11.3 Å². The number of hydrogen-bond acceptors (Lipinski definition) is 8. The molecule has 1 aromatic heterocycles. The van der Waals surface area contributed by atoms with Crippen molar-refractivity contribution in [3.63, 3.8) is 0 Å². The van der Waals surface area contributed by atoms with E-state index in [4.69, 9.17) is 25.4 Å². The predicted octanol–water partition coefficient (Wildman–Crippen LogP) is 5.06. The van der Waals surface area contributed by atoms with Crippen molar-refractivity contribution in [3.05, 3.63) is 118 Å². The first kappa shape index (κ1) is 23.4. The maximum atomic E-state index is 13.6. The molecule has 0 saturated heterocycles. The molecule has 0 radical (unpaired) electrons. The van der Waals surface area contributed by atoms with Gasteiger partial charge < -0.3 is 25.4 Å². The number of hydrogen-bond donors (Lipinski definition) is 2. The topological polar surface area (TPSA) is 135 Å². The third kappa shape index (κ3) is 4.89. The maximum Gasteiger partial charge on any atom is 0.343 e. The van der Waals surface area contributed by atoms with E-state index in [1.165, 1.54) is 42.5 Å². The van der Waals surface area contributed by atoms with Crippen LogP contribution in [0.3, 0.4) is 0 Å². The molecule has 1 heterocycles. The number of ether oxygens (including phenoxy) is 2. The van der Waals surface area contributed by atoms with E-state index < -0.39 is 17.4 Å². The quantitative estimate of drug-likeness (QED) is 0.197. The normalized spacial score (nSPS) is 10.7. The lowest BCUT2D eigenvalue weighted by molar-refractivity contribution is 0.0724. The van der Waals surface area contributed by atoms with Gasteiger partial charge in [0.05, 0.1) is 16.5 Å². The SMILES string of the molecule is Nc1ccc(C(=O)Oc2ccc3oc(-c4ccccc4)c(OC(=O)c4ccc(N)cc4)c(=O)c3c2)cc1. The van der Waals surface area contributed by atoms with Gasteiger partial charge in [0.2, 0.25) is 11.2 Å². The molecule has 0 aliphatic rings. The fourth-order valence-corrected chi connectivity index (χ4v) is 3.65. The number of rotatable bonds is 5. The van der Waals surface area contributed by atoms with Crippen LogP contribution in [0.2, 0.25) is 0 Å². The van der Waals surface area contributed by atoms with Gasteiger partial charge in [-0.1, -0.05) is 30.3 Å². The first-order valence-corrected chi connectivity index (χ1v) is 11.2. The highest BCUT2D eigenvalue weighted by Gasteiger charge is 2.22. The molecule has 0 spiro atoms. The second-order valence-electron chi connectivity index (χ2n) is 8.14. The van der Waals surface area contributed by atoms with Crippen LogP contribution in [0.25, 0.3) is 22.3 Å². The van der Waals surface area contributed by atoms with E-state index in [2.05, 4.69) is 0 Å². The molecular formula is C29H20N2O6. The van der Waals surface area contributed by atoms with E-state index in [0.717, 1.165) is 0 Å². The van der Waals surface area contributed by atoms with Crippen molar-refractivity contribution in [2.75, 3.05) is 11.5 Å². The fraction of sp³-hybridized carbons (Fsp3) is 0. The number of nitrogens with two attached hydrogens (primary N) is 2. The van der Waals surface area contributed by atoms with Gasteiger partial charge in [0.15, 0.2) is 5.76 Å². The molecule has 0 unspecified atom stereocenters. The molecule has 4 N–H and O–H groups in total. The molecule has 8 nitrogen and oxygen atoms in total. The average Bonchev–Trinajstić information content (AvgIpc) is 2.91. The van der Waals surface area contributed by atoms with E-state index in [-0.39, 0.29) is 33.8 Å². The molecular weight excluding hydrogens is 472 g/mol. The number of fused-ring (bicyclic) bond motifs is 1. The molecule has 4 aromatic carbocycles. The molecule has 0 fully saturated rings. The number of anilines is 2. The number of nitrogen functional groups attached to an aromatic ring is 2. The van der Waals surface area contributed by atoms with Gasteiger partial charge >= 0.3 is 11.9 Å². The van der Waals surface area contributed by atoms with Crippen molar-refractivity contribution in [1.82, 2.24) is 0 Å². The number of esters is 2. The Morgan fingerprint density at radius 3 is 1.84 bits per heavy atom. The number of carbonyl (C=O) groups is 2. The highest BCUT2D eigenvalue weighted by molar-refractivity contribution is 5.94. The largest absolute Gasteiger partial charge is 0.452 e. The summed E-state index contributed by atoms with van der Waals surface area (Å²) in [6.07, 6.45) is 0. The van der Waals surface area contributed by atoms with Crippen molar-refractivity contribution in [2.24, 2.45) is 0 Å². The summed E-state index contributed by atoms with van der Waals surface area (Å²) in [4.78, 5) is 39.0. The Bertz CT molecular complexity index is 1680. The molecule has 5 rings (SSSR count). The Morgan fingerprint density at radius 1 is 0.676 bits per heavy atom. The molecule has 5 aromatic rings. The molecule has 0 saturated carbocycles. The van der Waals surface area contributed by atoms with Crippen molar-refractivity contribution in [1.29, 1.82) is 0 Å². The minimum atomic E-state index is -0.755. The Hall–Kier alpha value is -5.37. The zero-order chi connectivity index (χ0) is 25.9. The second-order valence-corrected chi connectivity index (χ2v) is 8.14. The zero-order valence-electron chi connectivity index (χ0n) is 19.3. The van der Waals surface area contributed by atoms with Crippen LogP contribution in [0.5, 0.6) is 11.5 Å². The molecule has 0 bridgehead atoms. The molecule has 8 heteroatoms. The second kappa shape index (κ2) is 9.71. The zero-order valence-corrected chi connectivity index (χ0v) is 19.3. The Balaban J connectivity index is 1.57. The van der Waals surface area contributed by atoms with Crippen LogP contribution in [0.4, 0.5) is 11.4 Å². The van der Waals surface area contributed by atoms with Crippen molar-refractivity contribution in [2.45, 2.75) is 0 Å². The number of carbonyl (C=O) groups excluding carboxylic acids is 2. The monoisotopic (exact) mass is 492 g/mol. The van der Waals surface area contributed by atoms with E-state index in [9.17, 15) is 14.4 Å². The summed E-state index contributed by atoms with van der Waals surface area (Å²) >= 11 is 0. The molecule has 37 heavy (non-hydrogen) atoms. The van der Waals surface area contributed by atoms with Gasteiger partial charge in [0, 0.05) is 16.9 Å². The minimum Gasteiger partial charge on any atom is -0.452 e. The minimum absolute atomic E-state index is 0.0717. The van der Waals surface area contributed by atoms with Crippen LogP contribution < -0.4 is 26.4 Å². The average molecular weight is 492 g/mol. The van der Waals surface area contributed by atoms with Gasteiger partial charge in [-0.25, -0.2) is 9.59 Å². The first-order chi connectivity index (χ1) is 17.9. The lowest BCUT2D eigenvalue weighted by Gasteiger charge is -2.12. The molecule has 182 valence electrons. The van der Waals surface area contributed by atoms with Gasteiger partial charge in [-0.3, -0.25) is 4.79 Å². The summed E-state index contributed by atoms with van der Waals surface area (Å²) in [5.41, 5.74) is 13.0. The lowest BCUT2D eigenvalue weighted by atomic mass is 10.1.